The Labute approximate surface area is 165 Å². The van der Waals surface area contributed by atoms with Gasteiger partial charge in [-0.25, -0.2) is 0 Å². The maximum Gasteiger partial charge on any atom is 0.416 e. The number of nitrogens with zero attached hydrogens (tertiary/aromatic N) is 1. The van der Waals surface area contributed by atoms with Gasteiger partial charge in [-0.1, -0.05) is 0 Å². The Morgan fingerprint density at radius 2 is 1.97 bits per heavy atom. The van der Waals surface area contributed by atoms with Crippen molar-refractivity contribution in [3.8, 4) is 5.75 Å². The molecule has 3 rings (SSSR count). The number of carbonyl (C=O) groups is 2. The lowest BCUT2D eigenvalue weighted by Gasteiger charge is -2.18. The molecule has 1 fully saturated rings. The van der Waals surface area contributed by atoms with E-state index in [9.17, 15) is 22.8 Å². The van der Waals surface area contributed by atoms with Crippen LogP contribution in [-0.4, -0.2) is 23.9 Å². The van der Waals surface area contributed by atoms with E-state index in [2.05, 4.69) is 15.6 Å². The lowest BCUT2D eigenvalue weighted by Crippen LogP contribution is -2.32. The summed E-state index contributed by atoms with van der Waals surface area (Å²) in [5.41, 5.74) is 0.350. The average molecular weight is 407 g/mol. The number of ether oxygens (including phenoxy) is 1. The quantitative estimate of drug-likeness (QED) is 0.659. The van der Waals surface area contributed by atoms with E-state index in [0.717, 1.165) is 36.2 Å². The van der Waals surface area contributed by atoms with E-state index >= 15 is 0 Å². The third kappa shape index (κ3) is 5.04. The van der Waals surface area contributed by atoms with Gasteiger partial charge in [-0.15, -0.1) is 0 Å². The summed E-state index contributed by atoms with van der Waals surface area (Å²) in [6, 6.07) is 7.40. The van der Waals surface area contributed by atoms with Crippen LogP contribution >= 0.6 is 0 Å². The Hall–Kier alpha value is -3.10. The zero-order valence-corrected chi connectivity index (χ0v) is 15.6. The lowest BCUT2D eigenvalue weighted by molar-refractivity contribution is -0.137. The second-order valence-electron chi connectivity index (χ2n) is 6.92. The van der Waals surface area contributed by atoms with Crippen LogP contribution in [0.1, 0.15) is 42.6 Å². The molecule has 6 nitrogen and oxygen atoms in total. The molecule has 154 valence electrons. The van der Waals surface area contributed by atoms with Crippen molar-refractivity contribution in [1.82, 2.24) is 15.6 Å². The summed E-state index contributed by atoms with van der Waals surface area (Å²) in [4.78, 5) is 27.2. The van der Waals surface area contributed by atoms with Gasteiger partial charge in [-0.05, 0) is 61.7 Å². The normalized spacial score (nSPS) is 15.9. The number of rotatable bonds is 8. The minimum atomic E-state index is -4.42. The fourth-order valence-corrected chi connectivity index (χ4v) is 2.95. The van der Waals surface area contributed by atoms with Crippen LogP contribution in [0.3, 0.4) is 0 Å². The number of hydrogen-bond donors (Lipinski definition) is 2. The van der Waals surface area contributed by atoms with Crippen LogP contribution in [-0.2, 0) is 21.3 Å². The Balaban J connectivity index is 1.55. The van der Waals surface area contributed by atoms with Crippen molar-refractivity contribution in [2.75, 3.05) is 6.61 Å². The first-order valence-electron chi connectivity index (χ1n) is 9.01. The van der Waals surface area contributed by atoms with Crippen LogP contribution in [0.4, 0.5) is 13.2 Å². The topological polar surface area (TPSA) is 80.3 Å². The van der Waals surface area contributed by atoms with Crippen molar-refractivity contribution in [2.24, 2.45) is 0 Å². The van der Waals surface area contributed by atoms with Crippen molar-refractivity contribution in [3.05, 3.63) is 59.4 Å². The summed E-state index contributed by atoms with van der Waals surface area (Å²) in [5, 5.41) is 5.56. The first-order valence-corrected chi connectivity index (χ1v) is 9.01. The maximum absolute atomic E-state index is 12.6. The van der Waals surface area contributed by atoms with Crippen molar-refractivity contribution in [1.29, 1.82) is 0 Å². The van der Waals surface area contributed by atoms with E-state index in [1.54, 1.807) is 19.2 Å². The minimum absolute atomic E-state index is 0.169. The van der Waals surface area contributed by atoms with E-state index in [4.69, 9.17) is 4.74 Å². The van der Waals surface area contributed by atoms with Crippen LogP contribution in [0.15, 0.2) is 42.6 Å². The molecule has 1 aromatic carbocycles. The third-order valence-electron chi connectivity index (χ3n) is 4.79. The summed E-state index contributed by atoms with van der Waals surface area (Å²) < 4.78 is 42.9. The molecule has 0 bridgehead atoms. The molecule has 1 unspecified atom stereocenters. The first kappa shape index (κ1) is 20.6. The lowest BCUT2D eigenvalue weighted by atomic mass is 10.0. The number of benzene rings is 1. The number of amides is 2. The zero-order chi connectivity index (χ0) is 21.1. The second-order valence-corrected chi connectivity index (χ2v) is 6.92. The standard InChI is InChI=1S/C20H20F3N3O3/c1-13(14-6-9-24-17(10-14)19(7-8-19)25-12-27)26-18(28)11-29-16-4-2-15(3-5-16)20(21,22)23/h2-6,9-10,12-13H,7-8,11H2,1H3,(H,25,27)(H,26,28). The highest BCUT2D eigenvalue weighted by atomic mass is 19.4. The third-order valence-corrected chi connectivity index (χ3v) is 4.79. The molecule has 0 saturated heterocycles. The van der Waals surface area contributed by atoms with Crippen LogP contribution in [0.5, 0.6) is 5.75 Å². The molecule has 1 aliphatic carbocycles. The Bertz CT molecular complexity index is 881. The molecule has 2 aromatic rings. The number of pyridine rings is 1. The molecule has 1 saturated carbocycles. The van der Waals surface area contributed by atoms with Gasteiger partial charge < -0.3 is 15.4 Å². The summed E-state index contributed by atoms with van der Waals surface area (Å²) >= 11 is 0. The van der Waals surface area contributed by atoms with Gasteiger partial charge in [0.15, 0.2) is 6.61 Å². The summed E-state index contributed by atoms with van der Waals surface area (Å²) in [5.74, 6) is -0.245. The van der Waals surface area contributed by atoms with Crippen LogP contribution in [0, 0.1) is 0 Å². The van der Waals surface area contributed by atoms with Gasteiger partial charge in [-0.2, -0.15) is 13.2 Å². The smallest absolute Gasteiger partial charge is 0.416 e. The number of halogens is 3. The molecule has 2 amide bonds. The average Bonchev–Trinajstić information content (AvgIpc) is 3.47. The van der Waals surface area contributed by atoms with Crippen molar-refractivity contribution < 1.29 is 27.5 Å². The first-order chi connectivity index (χ1) is 13.7. The van der Waals surface area contributed by atoms with Crippen molar-refractivity contribution >= 4 is 12.3 Å². The molecule has 1 aliphatic rings. The molecule has 1 heterocycles. The molecule has 0 spiro atoms. The molecule has 1 aromatic heterocycles. The van der Waals surface area contributed by atoms with Gasteiger partial charge in [0.1, 0.15) is 5.75 Å². The predicted octanol–water partition coefficient (Wildman–Crippen LogP) is 3.09. The number of nitrogens with one attached hydrogen (secondary N) is 2. The molecule has 1 atom stereocenters. The highest BCUT2D eigenvalue weighted by molar-refractivity contribution is 5.78. The van der Waals surface area contributed by atoms with E-state index < -0.39 is 23.2 Å². The highest BCUT2D eigenvalue weighted by Gasteiger charge is 2.45. The van der Waals surface area contributed by atoms with Gasteiger partial charge in [0.05, 0.1) is 22.8 Å². The Morgan fingerprint density at radius 3 is 2.55 bits per heavy atom. The molecule has 0 aliphatic heterocycles. The van der Waals surface area contributed by atoms with Gasteiger partial charge in [-0.3, -0.25) is 14.6 Å². The van der Waals surface area contributed by atoms with E-state index in [1.807, 2.05) is 6.07 Å². The van der Waals surface area contributed by atoms with Crippen molar-refractivity contribution in [3.63, 3.8) is 0 Å². The molecule has 2 N–H and O–H groups in total. The fourth-order valence-electron chi connectivity index (χ4n) is 2.95. The van der Waals surface area contributed by atoms with Crippen LogP contribution in [0.25, 0.3) is 0 Å². The van der Waals surface area contributed by atoms with E-state index in [0.29, 0.717) is 6.41 Å². The summed E-state index contributed by atoms with van der Waals surface area (Å²) in [6.07, 6.45) is -0.521. The molecule has 0 radical (unpaired) electrons. The number of hydrogen-bond acceptors (Lipinski definition) is 4. The Morgan fingerprint density at radius 1 is 1.28 bits per heavy atom. The SMILES string of the molecule is CC(NC(=O)COc1ccc(C(F)(F)F)cc1)c1ccnc(C2(NC=O)CC2)c1. The van der Waals surface area contributed by atoms with Gasteiger partial charge in [0, 0.05) is 6.20 Å². The zero-order valence-electron chi connectivity index (χ0n) is 15.6. The minimum Gasteiger partial charge on any atom is -0.484 e. The molecule has 9 heteroatoms. The number of alkyl halides is 3. The van der Waals surface area contributed by atoms with Crippen molar-refractivity contribution in [2.45, 2.75) is 37.5 Å². The summed E-state index contributed by atoms with van der Waals surface area (Å²) in [6.45, 7) is 1.46. The maximum atomic E-state index is 12.6. The van der Waals surface area contributed by atoms with Gasteiger partial charge in [0.2, 0.25) is 6.41 Å². The largest absolute Gasteiger partial charge is 0.484 e. The van der Waals surface area contributed by atoms with Gasteiger partial charge >= 0.3 is 6.18 Å². The van der Waals surface area contributed by atoms with E-state index in [1.165, 1.54) is 12.1 Å². The van der Waals surface area contributed by atoms with Crippen LogP contribution in [0.2, 0.25) is 0 Å². The molecule has 29 heavy (non-hydrogen) atoms. The highest BCUT2D eigenvalue weighted by Crippen LogP contribution is 2.44. The fraction of sp³-hybridized carbons (Fsp3) is 0.350. The molecular weight excluding hydrogens is 387 g/mol. The van der Waals surface area contributed by atoms with E-state index in [-0.39, 0.29) is 18.4 Å². The predicted molar refractivity (Wildman–Crippen MR) is 97.8 cm³/mol. The monoisotopic (exact) mass is 407 g/mol. The molecular formula is C20H20F3N3O3. The second kappa shape index (κ2) is 8.10. The Kier molecular flexibility index (Phi) is 5.76. The summed E-state index contributed by atoms with van der Waals surface area (Å²) in [7, 11) is 0. The number of carbonyl (C=O) groups excluding carboxylic acids is 2. The van der Waals surface area contributed by atoms with Crippen LogP contribution < -0.4 is 15.4 Å². The number of aromatic nitrogens is 1. The van der Waals surface area contributed by atoms with Gasteiger partial charge in [0.25, 0.3) is 5.91 Å².